The van der Waals surface area contributed by atoms with Crippen molar-refractivity contribution in [1.82, 2.24) is 19.6 Å². The number of amides is 1. The highest BCUT2D eigenvalue weighted by atomic mass is 19.4. The second-order valence-electron chi connectivity index (χ2n) is 9.79. The van der Waals surface area contributed by atoms with E-state index in [-0.39, 0.29) is 29.8 Å². The number of aliphatic hydroxyl groups is 1. The highest BCUT2D eigenvalue weighted by molar-refractivity contribution is 5.97. The standard InChI is InChI=1S/C25H30F3N5O3/c1-15-21(24(35)31-11-8-17(9-12-31)32-13-10-20(34)23(32)29-2)22(16-6-7-16)33(30-15)18-4-3-5-19(14-18)36-25(26,27)28/h3-5,14,16-17,20,23,34H,2,6-13H2,1H3/t20-,23+/m1/s1. The van der Waals surface area contributed by atoms with E-state index in [1.54, 1.807) is 17.7 Å². The fourth-order valence-electron chi connectivity index (χ4n) is 5.52. The van der Waals surface area contributed by atoms with E-state index >= 15 is 0 Å². The van der Waals surface area contributed by atoms with Gasteiger partial charge in [0.05, 0.1) is 28.7 Å². The number of ether oxygens (including phenoxy) is 1. The van der Waals surface area contributed by atoms with Crippen LogP contribution in [0.1, 0.15) is 59.8 Å². The molecule has 2 saturated heterocycles. The van der Waals surface area contributed by atoms with Crippen LogP contribution in [0.2, 0.25) is 0 Å². The van der Waals surface area contributed by atoms with E-state index in [0.29, 0.717) is 36.5 Å². The van der Waals surface area contributed by atoms with Crippen LogP contribution in [-0.2, 0) is 0 Å². The Bertz CT molecular complexity index is 1140. The summed E-state index contributed by atoms with van der Waals surface area (Å²) in [6.07, 6.45) is -1.58. The Balaban J connectivity index is 1.36. The molecule has 2 aromatic rings. The van der Waals surface area contributed by atoms with Crippen LogP contribution in [0.25, 0.3) is 5.69 Å². The number of halogens is 3. The first-order valence-corrected chi connectivity index (χ1v) is 12.3. The van der Waals surface area contributed by atoms with Crippen LogP contribution < -0.4 is 4.74 Å². The number of aliphatic hydroxyl groups excluding tert-OH is 1. The summed E-state index contributed by atoms with van der Waals surface area (Å²) in [5, 5.41) is 14.7. The van der Waals surface area contributed by atoms with E-state index in [9.17, 15) is 23.1 Å². The Morgan fingerprint density at radius 2 is 1.89 bits per heavy atom. The van der Waals surface area contributed by atoms with Crippen molar-refractivity contribution in [3.05, 3.63) is 41.2 Å². The number of carbonyl (C=O) groups is 1. The molecule has 1 saturated carbocycles. The first-order chi connectivity index (χ1) is 17.2. The van der Waals surface area contributed by atoms with E-state index in [2.05, 4.69) is 26.4 Å². The number of rotatable bonds is 6. The predicted molar refractivity (Wildman–Crippen MR) is 127 cm³/mol. The van der Waals surface area contributed by atoms with Gasteiger partial charge in [0, 0.05) is 37.7 Å². The second-order valence-corrected chi connectivity index (χ2v) is 9.79. The lowest BCUT2D eigenvalue weighted by Gasteiger charge is -2.38. The first kappa shape index (κ1) is 24.8. The number of hydrogen-bond donors (Lipinski definition) is 1. The number of aryl methyl sites for hydroxylation is 1. The molecule has 1 amide bonds. The van der Waals surface area contributed by atoms with E-state index in [1.807, 2.05) is 4.90 Å². The van der Waals surface area contributed by atoms with Crippen LogP contribution in [0.15, 0.2) is 29.3 Å². The Hall–Kier alpha value is -2.92. The number of piperidine rings is 1. The molecule has 0 spiro atoms. The number of aromatic nitrogens is 2. The highest BCUT2D eigenvalue weighted by Crippen LogP contribution is 2.44. The van der Waals surface area contributed by atoms with Gasteiger partial charge in [-0.2, -0.15) is 5.10 Å². The molecule has 2 aliphatic heterocycles. The maximum absolute atomic E-state index is 13.7. The molecule has 1 N–H and O–H groups in total. The summed E-state index contributed by atoms with van der Waals surface area (Å²) in [4.78, 5) is 21.8. The number of alkyl halides is 3. The Kier molecular flexibility index (Phi) is 6.54. The van der Waals surface area contributed by atoms with Crippen LogP contribution in [0.3, 0.4) is 0 Å². The maximum atomic E-state index is 13.7. The number of benzene rings is 1. The zero-order valence-electron chi connectivity index (χ0n) is 20.1. The van der Waals surface area contributed by atoms with E-state index in [0.717, 1.165) is 37.9 Å². The summed E-state index contributed by atoms with van der Waals surface area (Å²) in [5.74, 6) is -0.286. The third-order valence-electron chi connectivity index (χ3n) is 7.34. The summed E-state index contributed by atoms with van der Waals surface area (Å²) in [7, 11) is 0. The maximum Gasteiger partial charge on any atom is 0.573 e. The molecule has 36 heavy (non-hydrogen) atoms. The lowest BCUT2D eigenvalue weighted by atomic mass is 10.0. The molecule has 0 bridgehead atoms. The van der Waals surface area contributed by atoms with E-state index in [1.165, 1.54) is 18.2 Å². The van der Waals surface area contributed by atoms with Crippen LogP contribution in [0.4, 0.5) is 13.2 Å². The molecule has 0 radical (unpaired) electrons. The third kappa shape index (κ3) is 4.86. The van der Waals surface area contributed by atoms with Gasteiger partial charge in [-0.15, -0.1) is 13.2 Å². The van der Waals surface area contributed by atoms with Gasteiger partial charge in [0.1, 0.15) is 11.9 Å². The molecule has 194 valence electrons. The minimum atomic E-state index is -4.79. The van der Waals surface area contributed by atoms with Crippen molar-refractivity contribution in [2.24, 2.45) is 4.99 Å². The molecule has 3 heterocycles. The first-order valence-electron chi connectivity index (χ1n) is 12.3. The van der Waals surface area contributed by atoms with Crippen molar-refractivity contribution in [1.29, 1.82) is 0 Å². The summed E-state index contributed by atoms with van der Waals surface area (Å²) < 4.78 is 43.9. The topological polar surface area (TPSA) is 83.2 Å². The quantitative estimate of drug-likeness (QED) is 0.606. The summed E-state index contributed by atoms with van der Waals surface area (Å²) >= 11 is 0. The number of aliphatic imine (C=N–C) groups is 1. The summed E-state index contributed by atoms with van der Waals surface area (Å²) in [6.45, 7) is 7.30. The molecule has 1 aromatic carbocycles. The van der Waals surface area contributed by atoms with Crippen LogP contribution in [-0.4, -0.2) is 81.6 Å². The molecule has 3 fully saturated rings. The Morgan fingerprint density at radius 1 is 1.17 bits per heavy atom. The molecule has 3 aliphatic rings. The molecule has 5 rings (SSSR count). The minimum Gasteiger partial charge on any atom is -0.406 e. The number of hydrogen-bond acceptors (Lipinski definition) is 6. The average molecular weight is 506 g/mol. The fraction of sp³-hybridized carbons (Fsp3) is 0.560. The zero-order valence-corrected chi connectivity index (χ0v) is 20.1. The van der Waals surface area contributed by atoms with Crippen LogP contribution in [0, 0.1) is 6.92 Å². The molecular weight excluding hydrogens is 475 g/mol. The number of nitrogens with zero attached hydrogens (tertiary/aromatic N) is 5. The fourth-order valence-corrected chi connectivity index (χ4v) is 5.52. The van der Waals surface area contributed by atoms with Crippen molar-refractivity contribution >= 4 is 12.6 Å². The van der Waals surface area contributed by atoms with Gasteiger partial charge in [-0.1, -0.05) is 6.07 Å². The highest BCUT2D eigenvalue weighted by Gasteiger charge is 2.40. The molecular formula is C25H30F3N5O3. The Morgan fingerprint density at radius 3 is 2.53 bits per heavy atom. The van der Waals surface area contributed by atoms with Crippen molar-refractivity contribution in [3.8, 4) is 11.4 Å². The molecule has 1 aromatic heterocycles. The predicted octanol–water partition coefficient (Wildman–Crippen LogP) is 3.65. The molecule has 1 aliphatic carbocycles. The van der Waals surface area contributed by atoms with Gasteiger partial charge in [-0.05, 0) is 57.9 Å². The zero-order chi connectivity index (χ0) is 25.6. The smallest absolute Gasteiger partial charge is 0.406 e. The number of likely N-dealkylation sites (tertiary alicyclic amines) is 2. The minimum absolute atomic E-state index is 0.0957. The molecule has 11 heteroatoms. The van der Waals surface area contributed by atoms with Crippen molar-refractivity contribution in [3.63, 3.8) is 0 Å². The van der Waals surface area contributed by atoms with Gasteiger partial charge in [0.25, 0.3) is 5.91 Å². The lowest BCUT2D eigenvalue weighted by Crippen LogP contribution is -2.49. The third-order valence-corrected chi connectivity index (χ3v) is 7.34. The van der Waals surface area contributed by atoms with E-state index in [4.69, 9.17) is 0 Å². The van der Waals surface area contributed by atoms with Gasteiger partial charge in [0.2, 0.25) is 0 Å². The second kappa shape index (κ2) is 9.51. The average Bonchev–Trinajstić information content (AvgIpc) is 3.52. The monoisotopic (exact) mass is 505 g/mol. The molecule has 8 nitrogen and oxygen atoms in total. The van der Waals surface area contributed by atoms with Crippen LogP contribution >= 0.6 is 0 Å². The summed E-state index contributed by atoms with van der Waals surface area (Å²) in [6, 6.07) is 5.91. The van der Waals surface area contributed by atoms with Gasteiger partial charge in [-0.3, -0.25) is 14.7 Å². The normalized spacial score (nSPS) is 23.8. The van der Waals surface area contributed by atoms with Crippen LogP contribution in [0.5, 0.6) is 5.75 Å². The lowest BCUT2D eigenvalue weighted by molar-refractivity contribution is -0.274. The van der Waals surface area contributed by atoms with Gasteiger partial charge >= 0.3 is 6.36 Å². The van der Waals surface area contributed by atoms with Crippen molar-refractivity contribution in [2.75, 3.05) is 19.6 Å². The number of carbonyl (C=O) groups excluding carboxylic acids is 1. The molecule has 2 atom stereocenters. The van der Waals surface area contributed by atoms with Crippen molar-refractivity contribution in [2.45, 2.75) is 69.6 Å². The van der Waals surface area contributed by atoms with E-state index < -0.39 is 12.5 Å². The van der Waals surface area contributed by atoms with Gasteiger partial charge in [-0.25, -0.2) is 4.68 Å². The molecule has 0 unspecified atom stereocenters. The van der Waals surface area contributed by atoms with Gasteiger partial charge in [0.15, 0.2) is 0 Å². The summed E-state index contributed by atoms with van der Waals surface area (Å²) in [5.41, 5.74) is 2.28. The SMILES string of the molecule is C=N[C@@H]1[C@H](O)CCN1C1CCN(C(=O)c2c(C)nn(-c3cccc(OC(F)(F)F)c3)c2C2CC2)CC1. The Labute approximate surface area is 207 Å². The largest absolute Gasteiger partial charge is 0.573 e. The van der Waals surface area contributed by atoms with Gasteiger partial charge < -0.3 is 14.7 Å². The van der Waals surface area contributed by atoms with Crippen molar-refractivity contribution < 1.29 is 27.8 Å².